The van der Waals surface area contributed by atoms with Gasteiger partial charge < -0.3 is 10.6 Å². The van der Waals surface area contributed by atoms with E-state index in [9.17, 15) is 4.79 Å². The molecule has 0 radical (unpaired) electrons. The van der Waals surface area contributed by atoms with Crippen LogP contribution in [0.15, 0.2) is 12.3 Å². The third-order valence-electron chi connectivity index (χ3n) is 2.43. The average Bonchev–Trinajstić information content (AvgIpc) is 2.72. The maximum absolute atomic E-state index is 11.7. The number of nitrogens with one attached hydrogen (secondary N) is 3. The minimum Gasteiger partial charge on any atom is -0.316 e. The van der Waals surface area contributed by atoms with E-state index in [0.29, 0.717) is 5.82 Å². The van der Waals surface area contributed by atoms with Gasteiger partial charge in [-0.2, -0.15) is 5.10 Å². The summed E-state index contributed by atoms with van der Waals surface area (Å²) in [6.45, 7) is 1.80. The number of carbonyl (C=O) groups is 1. The molecule has 1 saturated heterocycles. The smallest absolute Gasteiger partial charge is 0.229 e. The summed E-state index contributed by atoms with van der Waals surface area (Å²) >= 11 is 0. The van der Waals surface area contributed by atoms with Gasteiger partial charge in [-0.05, 0) is 19.4 Å². The van der Waals surface area contributed by atoms with Gasteiger partial charge in [0.2, 0.25) is 5.91 Å². The number of hydrogen-bond donors (Lipinski definition) is 3. The zero-order chi connectivity index (χ0) is 9.80. The Morgan fingerprint density at radius 1 is 1.64 bits per heavy atom. The molecule has 2 rings (SSSR count). The second kappa shape index (κ2) is 4.23. The highest BCUT2D eigenvalue weighted by atomic mass is 16.2. The highest BCUT2D eigenvalue weighted by Crippen LogP contribution is 2.12. The summed E-state index contributed by atoms with van der Waals surface area (Å²) in [5.74, 6) is 0.828. The molecule has 14 heavy (non-hydrogen) atoms. The highest BCUT2D eigenvalue weighted by Gasteiger charge is 2.20. The van der Waals surface area contributed by atoms with Gasteiger partial charge in [0, 0.05) is 12.6 Å². The van der Waals surface area contributed by atoms with E-state index >= 15 is 0 Å². The number of anilines is 1. The van der Waals surface area contributed by atoms with E-state index in [1.54, 1.807) is 12.3 Å². The maximum atomic E-state index is 11.7. The lowest BCUT2D eigenvalue weighted by Crippen LogP contribution is -2.37. The Morgan fingerprint density at radius 2 is 2.57 bits per heavy atom. The number of amides is 1. The van der Waals surface area contributed by atoms with E-state index in [1.807, 2.05) is 0 Å². The maximum Gasteiger partial charge on any atom is 0.229 e. The van der Waals surface area contributed by atoms with Crippen LogP contribution in [0.25, 0.3) is 0 Å². The van der Waals surface area contributed by atoms with Gasteiger partial charge in [0.05, 0.1) is 12.1 Å². The van der Waals surface area contributed by atoms with Gasteiger partial charge in [0.15, 0.2) is 0 Å². The fourth-order valence-electron chi connectivity index (χ4n) is 1.64. The van der Waals surface area contributed by atoms with Crippen LogP contribution in [0, 0.1) is 5.92 Å². The Morgan fingerprint density at radius 3 is 3.21 bits per heavy atom. The van der Waals surface area contributed by atoms with Crippen molar-refractivity contribution in [3.05, 3.63) is 12.3 Å². The molecule has 2 heterocycles. The molecular weight excluding hydrogens is 180 g/mol. The Hall–Kier alpha value is -1.36. The van der Waals surface area contributed by atoms with E-state index in [0.717, 1.165) is 25.9 Å². The van der Waals surface area contributed by atoms with E-state index < -0.39 is 0 Å². The first-order valence-electron chi connectivity index (χ1n) is 4.87. The topological polar surface area (TPSA) is 69.8 Å². The number of carbonyl (C=O) groups excluding carboxylic acids is 1. The van der Waals surface area contributed by atoms with Crippen LogP contribution in [-0.2, 0) is 4.79 Å². The van der Waals surface area contributed by atoms with Crippen LogP contribution in [0.3, 0.4) is 0 Å². The molecule has 1 aliphatic heterocycles. The van der Waals surface area contributed by atoms with Gasteiger partial charge in [-0.1, -0.05) is 0 Å². The predicted octanol–water partition coefficient (Wildman–Crippen LogP) is 0.348. The van der Waals surface area contributed by atoms with Crippen molar-refractivity contribution in [2.45, 2.75) is 12.8 Å². The second-order valence-electron chi connectivity index (χ2n) is 3.50. The Bertz CT molecular complexity index is 290. The summed E-state index contributed by atoms with van der Waals surface area (Å²) in [5.41, 5.74) is 0. The van der Waals surface area contributed by atoms with Gasteiger partial charge in [-0.25, -0.2) is 0 Å². The molecule has 76 valence electrons. The van der Waals surface area contributed by atoms with Gasteiger partial charge in [-0.15, -0.1) is 0 Å². The SMILES string of the molecule is O=C(Nc1ccn[nH]1)[C@@H]1CCCNC1. The number of rotatable bonds is 2. The second-order valence-corrected chi connectivity index (χ2v) is 3.50. The highest BCUT2D eigenvalue weighted by molar-refractivity contribution is 5.91. The molecule has 1 aliphatic rings. The number of hydrogen-bond acceptors (Lipinski definition) is 3. The summed E-state index contributed by atoms with van der Waals surface area (Å²) in [6, 6.07) is 1.74. The zero-order valence-electron chi connectivity index (χ0n) is 7.92. The van der Waals surface area contributed by atoms with Crippen molar-refractivity contribution in [2.24, 2.45) is 5.92 Å². The third-order valence-corrected chi connectivity index (χ3v) is 2.43. The van der Waals surface area contributed by atoms with Crippen LogP contribution in [0.2, 0.25) is 0 Å². The number of aromatic amines is 1. The van der Waals surface area contributed by atoms with Crippen LogP contribution >= 0.6 is 0 Å². The molecule has 1 fully saturated rings. The minimum atomic E-state index is 0.0708. The van der Waals surface area contributed by atoms with E-state index in [1.165, 1.54) is 0 Å². The third kappa shape index (κ3) is 2.11. The first-order valence-corrected chi connectivity index (χ1v) is 4.87. The molecule has 1 amide bonds. The Labute approximate surface area is 82.3 Å². The number of aromatic nitrogens is 2. The van der Waals surface area contributed by atoms with Crippen molar-refractivity contribution in [2.75, 3.05) is 18.4 Å². The summed E-state index contributed by atoms with van der Waals surface area (Å²) < 4.78 is 0. The number of nitrogens with zero attached hydrogens (tertiary/aromatic N) is 1. The van der Waals surface area contributed by atoms with Gasteiger partial charge in [0.25, 0.3) is 0 Å². The molecule has 5 heteroatoms. The fourth-order valence-corrected chi connectivity index (χ4v) is 1.64. The van der Waals surface area contributed by atoms with Crippen LogP contribution in [0.4, 0.5) is 5.82 Å². The summed E-state index contributed by atoms with van der Waals surface area (Å²) in [6.07, 6.45) is 3.66. The average molecular weight is 194 g/mol. The lowest BCUT2D eigenvalue weighted by Gasteiger charge is -2.21. The van der Waals surface area contributed by atoms with Crippen molar-refractivity contribution in [1.29, 1.82) is 0 Å². The van der Waals surface area contributed by atoms with Crippen LogP contribution < -0.4 is 10.6 Å². The van der Waals surface area contributed by atoms with Gasteiger partial charge >= 0.3 is 0 Å². The standard InChI is InChI=1S/C9H14N4O/c14-9(7-2-1-4-10-6-7)12-8-3-5-11-13-8/h3,5,7,10H,1-2,4,6H2,(H2,11,12,13,14)/t7-/m1/s1. The lowest BCUT2D eigenvalue weighted by atomic mass is 9.99. The molecule has 0 spiro atoms. The number of piperidine rings is 1. The molecule has 1 atom stereocenters. The van der Waals surface area contributed by atoms with E-state index in [4.69, 9.17) is 0 Å². The van der Waals surface area contributed by atoms with Crippen molar-refractivity contribution in [3.8, 4) is 0 Å². The molecular formula is C9H14N4O. The summed E-state index contributed by atoms with van der Waals surface area (Å²) in [4.78, 5) is 11.7. The molecule has 5 nitrogen and oxygen atoms in total. The van der Waals surface area contributed by atoms with Crippen molar-refractivity contribution >= 4 is 11.7 Å². The molecule has 0 bridgehead atoms. The van der Waals surface area contributed by atoms with Crippen LogP contribution in [0.5, 0.6) is 0 Å². The molecule has 0 saturated carbocycles. The summed E-state index contributed by atoms with van der Waals surface area (Å²) in [5, 5.41) is 12.5. The monoisotopic (exact) mass is 194 g/mol. The van der Waals surface area contributed by atoms with Crippen LogP contribution in [0.1, 0.15) is 12.8 Å². The number of H-pyrrole nitrogens is 1. The quantitative estimate of drug-likeness (QED) is 0.636. The fraction of sp³-hybridized carbons (Fsp3) is 0.556. The molecule has 0 aliphatic carbocycles. The lowest BCUT2D eigenvalue weighted by molar-refractivity contribution is -0.120. The van der Waals surface area contributed by atoms with Gasteiger partial charge in [-0.3, -0.25) is 9.89 Å². The molecule has 1 aromatic heterocycles. The van der Waals surface area contributed by atoms with Crippen molar-refractivity contribution in [1.82, 2.24) is 15.5 Å². The Kier molecular flexibility index (Phi) is 2.78. The first-order chi connectivity index (χ1) is 6.86. The molecule has 0 aromatic carbocycles. The molecule has 0 unspecified atom stereocenters. The van der Waals surface area contributed by atoms with Crippen LogP contribution in [-0.4, -0.2) is 29.2 Å². The van der Waals surface area contributed by atoms with Crippen molar-refractivity contribution in [3.63, 3.8) is 0 Å². The molecule has 3 N–H and O–H groups in total. The van der Waals surface area contributed by atoms with E-state index in [2.05, 4.69) is 20.8 Å². The van der Waals surface area contributed by atoms with Gasteiger partial charge in [0.1, 0.15) is 5.82 Å². The zero-order valence-corrected chi connectivity index (χ0v) is 7.92. The Balaban J connectivity index is 1.88. The predicted molar refractivity (Wildman–Crippen MR) is 52.8 cm³/mol. The largest absolute Gasteiger partial charge is 0.316 e. The summed E-state index contributed by atoms with van der Waals surface area (Å²) in [7, 11) is 0. The molecule has 1 aromatic rings. The first kappa shape index (κ1) is 9.21. The van der Waals surface area contributed by atoms with E-state index in [-0.39, 0.29) is 11.8 Å². The minimum absolute atomic E-state index is 0.0708. The van der Waals surface area contributed by atoms with Crippen molar-refractivity contribution < 1.29 is 4.79 Å². The normalized spacial score (nSPS) is 21.9.